The predicted octanol–water partition coefficient (Wildman–Crippen LogP) is 1.43. The van der Waals surface area contributed by atoms with Crippen molar-refractivity contribution in [3.63, 3.8) is 0 Å². The van der Waals surface area contributed by atoms with Crippen molar-refractivity contribution in [3.8, 4) is 0 Å². The van der Waals surface area contributed by atoms with E-state index in [1.165, 1.54) is 0 Å². The average molecular weight is 374 g/mol. The molecular formula is C16H27N3O3S2. The first-order chi connectivity index (χ1) is 11.3. The van der Waals surface area contributed by atoms with Crippen molar-refractivity contribution in [3.05, 3.63) is 16.1 Å². The molecule has 1 aromatic heterocycles. The van der Waals surface area contributed by atoms with Gasteiger partial charge in [-0.25, -0.2) is 13.4 Å². The second-order valence-corrected chi connectivity index (χ2v) is 9.84. The largest absolute Gasteiger partial charge is 0.356 e. The van der Waals surface area contributed by atoms with Gasteiger partial charge in [0.2, 0.25) is 5.91 Å². The van der Waals surface area contributed by atoms with E-state index < -0.39 is 9.84 Å². The molecule has 2 heterocycles. The van der Waals surface area contributed by atoms with Gasteiger partial charge in [-0.3, -0.25) is 4.79 Å². The highest BCUT2D eigenvalue weighted by Crippen LogP contribution is 2.19. The molecule has 8 heteroatoms. The highest BCUT2D eigenvalue weighted by atomic mass is 32.2. The Kier molecular flexibility index (Phi) is 6.77. The number of sulfone groups is 1. The Morgan fingerprint density at radius 2 is 2.25 bits per heavy atom. The van der Waals surface area contributed by atoms with Gasteiger partial charge in [0.25, 0.3) is 0 Å². The zero-order valence-corrected chi connectivity index (χ0v) is 16.3. The van der Waals surface area contributed by atoms with E-state index in [9.17, 15) is 13.2 Å². The van der Waals surface area contributed by atoms with Crippen LogP contribution in [-0.2, 0) is 21.1 Å². The van der Waals surface area contributed by atoms with Crippen LogP contribution in [0.4, 0.5) is 0 Å². The number of hydrogen-bond acceptors (Lipinski definition) is 6. The molecule has 0 unspecified atom stereocenters. The molecule has 1 N–H and O–H groups in total. The fourth-order valence-electron chi connectivity index (χ4n) is 2.70. The highest BCUT2D eigenvalue weighted by Gasteiger charge is 2.30. The van der Waals surface area contributed by atoms with Crippen molar-refractivity contribution in [1.82, 2.24) is 15.2 Å². The third kappa shape index (κ3) is 5.82. The molecule has 1 fully saturated rings. The van der Waals surface area contributed by atoms with Crippen molar-refractivity contribution in [2.75, 3.05) is 31.6 Å². The van der Waals surface area contributed by atoms with Crippen molar-refractivity contribution in [2.24, 2.45) is 0 Å². The monoisotopic (exact) mass is 373 g/mol. The van der Waals surface area contributed by atoms with Crippen LogP contribution in [-0.4, -0.2) is 61.9 Å². The smallest absolute Gasteiger partial charge is 0.221 e. The normalized spacial score (nSPS) is 20.0. The molecular weight excluding hydrogens is 346 g/mol. The molecule has 1 amide bonds. The molecule has 0 saturated carbocycles. The lowest BCUT2D eigenvalue weighted by Gasteiger charge is -2.22. The fourth-order valence-corrected chi connectivity index (χ4v) is 5.38. The van der Waals surface area contributed by atoms with Crippen LogP contribution in [0.5, 0.6) is 0 Å². The molecule has 136 valence electrons. The molecule has 1 saturated heterocycles. The van der Waals surface area contributed by atoms with Crippen LogP contribution in [0, 0.1) is 0 Å². The summed E-state index contributed by atoms with van der Waals surface area (Å²) in [6.45, 7) is 5.41. The van der Waals surface area contributed by atoms with Gasteiger partial charge in [0, 0.05) is 43.3 Å². The summed E-state index contributed by atoms with van der Waals surface area (Å²) in [5.41, 5.74) is 1.03. The SMILES string of the molecule is CC(C)c1nc(CCNC(=O)CCN(C)[C@@H]2CCS(=O)(=O)C2)cs1. The Morgan fingerprint density at radius 3 is 2.83 bits per heavy atom. The Hall–Kier alpha value is -0.990. The number of carbonyl (C=O) groups excluding carboxylic acids is 1. The number of aromatic nitrogens is 1. The molecule has 0 bridgehead atoms. The van der Waals surface area contributed by atoms with Gasteiger partial charge in [0.05, 0.1) is 22.2 Å². The second-order valence-electron chi connectivity index (χ2n) is 6.72. The van der Waals surface area contributed by atoms with Crippen LogP contribution in [0.2, 0.25) is 0 Å². The van der Waals surface area contributed by atoms with Gasteiger partial charge in [-0.1, -0.05) is 13.8 Å². The van der Waals surface area contributed by atoms with Gasteiger partial charge in [-0.05, 0) is 13.5 Å². The summed E-state index contributed by atoms with van der Waals surface area (Å²) in [6.07, 6.45) is 1.80. The lowest BCUT2D eigenvalue weighted by Crippen LogP contribution is -2.36. The van der Waals surface area contributed by atoms with Crippen LogP contribution in [0.3, 0.4) is 0 Å². The minimum Gasteiger partial charge on any atom is -0.356 e. The maximum Gasteiger partial charge on any atom is 0.221 e. The van der Waals surface area contributed by atoms with Gasteiger partial charge < -0.3 is 10.2 Å². The van der Waals surface area contributed by atoms with Gasteiger partial charge >= 0.3 is 0 Å². The van der Waals surface area contributed by atoms with Gasteiger partial charge in [-0.15, -0.1) is 11.3 Å². The molecule has 1 aromatic rings. The van der Waals surface area contributed by atoms with E-state index >= 15 is 0 Å². The van der Waals surface area contributed by atoms with E-state index in [2.05, 4.69) is 29.5 Å². The standard InChI is InChI=1S/C16H27N3O3S2/c1-12(2)16-18-13(10-23-16)4-7-17-15(20)5-8-19(3)14-6-9-24(21,22)11-14/h10,12,14H,4-9,11H2,1-3H3,(H,17,20)/t14-/m1/s1. The first-order valence-electron chi connectivity index (χ1n) is 8.38. The third-order valence-electron chi connectivity index (χ3n) is 4.29. The first kappa shape index (κ1) is 19.3. The van der Waals surface area contributed by atoms with E-state index in [0.717, 1.165) is 17.1 Å². The summed E-state index contributed by atoms with van der Waals surface area (Å²) in [6, 6.07) is 0.0484. The maximum atomic E-state index is 11.9. The van der Waals surface area contributed by atoms with Crippen molar-refractivity contribution in [2.45, 2.75) is 45.1 Å². The number of thiazole rings is 1. The van der Waals surface area contributed by atoms with Crippen molar-refractivity contribution < 1.29 is 13.2 Å². The highest BCUT2D eigenvalue weighted by molar-refractivity contribution is 7.91. The van der Waals surface area contributed by atoms with Crippen LogP contribution in [0.15, 0.2) is 5.38 Å². The van der Waals surface area contributed by atoms with Crippen molar-refractivity contribution >= 4 is 27.1 Å². The van der Waals surface area contributed by atoms with Crippen molar-refractivity contribution in [1.29, 1.82) is 0 Å². The number of nitrogens with zero attached hydrogens (tertiary/aromatic N) is 2. The number of rotatable bonds is 8. The number of amides is 1. The molecule has 6 nitrogen and oxygen atoms in total. The van der Waals surface area contributed by atoms with E-state index in [1.807, 2.05) is 11.9 Å². The second kappa shape index (κ2) is 8.40. The average Bonchev–Trinajstić information content (AvgIpc) is 3.11. The Labute approximate surface area is 148 Å². The molecule has 0 spiro atoms. The van der Waals surface area contributed by atoms with Crippen LogP contribution < -0.4 is 5.32 Å². The molecule has 1 aliphatic heterocycles. The van der Waals surface area contributed by atoms with Crippen LogP contribution >= 0.6 is 11.3 Å². The number of nitrogens with one attached hydrogen (secondary N) is 1. The van der Waals surface area contributed by atoms with Gasteiger partial charge in [-0.2, -0.15) is 0 Å². The third-order valence-corrected chi connectivity index (χ3v) is 7.23. The predicted molar refractivity (Wildman–Crippen MR) is 97.2 cm³/mol. The van der Waals surface area contributed by atoms with E-state index in [0.29, 0.717) is 31.8 Å². The van der Waals surface area contributed by atoms with E-state index in [1.54, 1.807) is 11.3 Å². The fraction of sp³-hybridized carbons (Fsp3) is 0.750. The lowest BCUT2D eigenvalue weighted by atomic mass is 10.2. The molecule has 0 radical (unpaired) electrons. The summed E-state index contributed by atoms with van der Waals surface area (Å²) in [7, 11) is -0.986. The minimum absolute atomic E-state index is 0.00187. The molecule has 1 atom stereocenters. The summed E-state index contributed by atoms with van der Waals surface area (Å²) in [5.74, 6) is 0.920. The Morgan fingerprint density at radius 1 is 1.50 bits per heavy atom. The molecule has 24 heavy (non-hydrogen) atoms. The topological polar surface area (TPSA) is 79.4 Å². The zero-order chi connectivity index (χ0) is 17.7. The Bertz CT molecular complexity index is 655. The molecule has 0 aliphatic carbocycles. The zero-order valence-electron chi connectivity index (χ0n) is 14.6. The van der Waals surface area contributed by atoms with Crippen LogP contribution in [0.25, 0.3) is 0 Å². The summed E-state index contributed by atoms with van der Waals surface area (Å²) >= 11 is 1.66. The van der Waals surface area contributed by atoms with E-state index in [-0.39, 0.29) is 23.5 Å². The Balaban J connectivity index is 1.64. The summed E-state index contributed by atoms with van der Waals surface area (Å²) < 4.78 is 23.0. The molecule has 0 aromatic carbocycles. The van der Waals surface area contributed by atoms with Gasteiger partial charge in [0.1, 0.15) is 0 Å². The number of carbonyl (C=O) groups is 1. The summed E-state index contributed by atoms with van der Waals surface area (Å²) in [4.78, 5) is 18.5. The first-order valence-corrected chi connectivity index (χ1v) is 11.1. The maximum absolute atomic E-state index is 11.9. The summed E-state index contributed by atoms with van der Waals surface area (Å²) in [5, 5.41) is 6.09. The quantitative estimate of drug-likeness (QED) is 0.746. The lowest BCUT2D eigenvalue weighted by molar-refractivity contribution is -0.121. The van der Waals surface area contributed by atoms with Crippen LogP contribution in [0.1, 0.15) is 43.3 Å². The minimum atomic E-state index is -2.88. The van der Waals surface area contributed by atoms with E-state index in [4.69, 9.17) is 0 Å². The molecule has 2 rings (SSSR count). The molecule has 1 aliphatic rings. The number of hydrogen-bond donors (Lipinski definition) is 1. The van der Waals surface area contributed by atoms with Gasteiger partial charge in [0.15, 0.2) is 9.84 Å².